The van der Waals surface area contributed by atoms with Crippen LogP contribution in [-0.4, -0.2) is 53.7 Å². The molecule has 5 rings (SSSR count). The van der Waals surface area contributed by atoms with Crippen molar-refractivity contribution in [3.63, 3.8) is 0 Å². The molecular formula is C35H38N2O5. The third-order valence-corrected chi connectivity index (χ3v) is 8.54. The normalized spacial score (nSPS) is 15.7. The minimum atomic E-state index is -0.861. The van der Waals surface area contributed by atoms with E-state index in [1.807, 2.05) is 60.4 Å². The summed E-state index contributed by atoms with van der Waals surface area (Å²) in [5.74, 6) is -1.36. The number of carbonyl (C=O) groups is 3. The highest BCUT2D eigenvalue weighted by molar-refractivity contribution is 5.87. The lowest BCUT2D eigenvalue weighted by atomic mass is 9.90. The Labute approximate surface area is 247 Å². The van der Waals surface area contributed by atoms with Crippen LogP contribution in [0.25, 0.3) is 16.7 Å². The third kappa shape index (κ3) is 6.40. The van der Waals surface area contributed by atoms with Gasteiger partial charge in [-0.05, 0) is 64.6 Å². The second-order valence-electron chi connectivity index (χ2n) is 11.2. The Balaban J connectivity index is 1.30. The zero-order valence-electron chi connectivity index (χ0n) is 24.1. The van der Waals surface area contributed by atoms with Crippen molar-refractivity contribution in [2.45, 2.75) is 56.9 Å². The maximum atomic E-state index is 13.7. The number of alkyl carbamates (subject to hydrolysis) is 1. The van der Waals surface area contributed by atoms with E-state index in [1.54, 1.807) is 0 Å². The minimum Gasteiger partial charge on any atom is -0.481 e. The van der Waals surface area contributed by atoms with Crippen molar-refractivity contribution in [2.75, 3.05) is 19.7 Å². The van der Waals surface area contributed by atoms with E-state index < -0.39 is 18.1 Å². The Kier molecular flexibility index (Phi) is 9.06. The summed E-state index contributed by atoms with van der Waals surface area (Å²) in [4.78, 5) is 39.8. The molecule has 1 aliphatic carbocycles. The molecule has 0 radical (unpaired) electrons. The van der Waals surface area contributed by atoms with Gasteiger partial charge in [-0.3, -0.25) is 9.59 Å². The van der Waals surface area contributed by atoms with Gasteiger partial charge in [0.1, 0.15) is 12.6 Å². The Morgan fingerprint density at radius 1 is 0.905 bits per heavy atom. The van der Waals surface area contributed by atoms with Crippen molar-refractivity contribution < 1.29 is 24.2 Å². The summed E-state index contributed by atoms with van der Waals surface area (Å²) in [5, 5.41) is 11.9. The third-order valence-electron chi connectivity index (χ3n) is 8.54. The fourth-order valence-electron chi connectivity index (χ4n) is 6.10. The number of nitrogens with zero attached hydrogens (tertiary/aromatic N) is 1. The molecule has 1 heterocycles. The molecular weight excluding hydrogens is 528 g/mol. The van der Waals surface area contributed by atoms with Crippen molar-refractivity contribution in [3.05, 3.63) is 102 Å². The van der Waals surface area contributed by atoms with Crippen molar-refractivity contribution >= 4 is 23.5 Å². The summed E-state index contributed by atoms with van der Waals surface area (Å²) in [5.41, 5.74) is 7.06. The summed E-state index contributed by atoms with van der Waals surface area (Å²) in [6.07, 6.45) is 2.77. The molecule has 2 N–H and O–H groups in total. The zero-order valence-corrected chi connectivity index (χ0v) is 24.1. The number of rotatable bonds is 10. The molecule has 3 aromatic carbocycles. The molecule has 3 aromatic rings. The minimum absolute atomic E-state index is 0.0213. The number of carboxylic acids is 1. The molecule has 0 bridgehead atoms. The summed E-state index contributed by atoms with van der Waals surface area (Å²) >= 11 is 0. The molecule has 1 unspecified atom stereocenters. The van der Waals surface area contributed by atoms with Crippen molar-refractivity contribution in [3.8, 4) is 11.1 Å². The van der Waals surface area contributed by atoms with Crippen LogP contribution in [0.5, 0.6) is 0 Å². The predicted molar refractivity (Wildman–Crippen MR) is 163 cm³/mol. The number of fused-ring (bicyclic) bond motifs is 3. The molecule has 0 saturated carbocycles. The van der Waals surface area contributed by atoms with Gasteiger partial charge in [0.2, 0.25) is 5.91 Å². The first-order chi connectivity index (χ1) is 20.3. The summed E-state index contributed by atoms with van der Waals surface area (Å²) in [6, 6.07) is 23.2. The quantitative estimate of drug-likeness (QED) is 0.289. The number of hydrogen-bond acceptors (Lipinski definition) is 4. The number of aliphatic carboxylic acids is 1. The second kappa shape index (κ2) is 13.1. The van der Waals surface area contributed by atoms with Gasteiger partial charge in [0.25, 0.3) is 0 Å². The highest BCUT2D eigenvalue weighted by Crippen LogP contribution is 2.44. The molecule has 2 amide bonds. The first-order valence-corrected chi connectivity index (χ1v) is 14.7. The Morgan fingerprint density at radius 2 is 1.50 bits per heavy atom. The number of benzene rings is 3. The van der Waals surface area contributed by atoms with Crippen LogP contribution in [0.2, 0.25) is 0 Å². The van der Waals surface area contributed by atoms with Gasteiger partial charge >= 0.3 is 12.1 Å². The second-order valence-corrected chi connectivity index (χ2v) is 11.2. The van der Waals surface area contributed by atoms with Gasteiger partial charge in [-0.25, -0.2) is 4.79 Å². The lowest BCUT2D eigenvalue weighted by molar-refractivity contribution is -0.137. The monoisotopic (exact) mass is 566 g/mol. The van der Waals surface area contributed by atoms with Crippen LogP contribution in [0.3, 0.4) is 0 Å². The number of carboxylic acid groups (broad SMARTS) is 1. The number of likely N-dealkylation sites (tertiary alicyclic amines) is 1. The SMILES string of the molecule is C=C(CCC(=O)O)c1ccc(C(C)[C@H](NC(=O)OCC2c3ccccc3-c3ccccc32)C(=O)N2CCCCC2)cc1. The average Bonchev–Trinajstić information content (AvgIpc) is 3.35. The summed E-state index contributed by atoms with van der Waals surface area (Å²) < 4.78 is 5.81. The van der Waals surface area contributed by atoms with Crippen LogP contribution in [0.1, 0.15) is 73.1 Å². The van der Waals surface area contributed by atoms with Gasteiger partial charge < -0.3 is 20.1 Å². The van der Waals surface area contributed by atoms with Crippen molar-refractivity contribution in [1.29, 1.82) is 0 Å². The molecule has 1 aliphatic heterocycles. The Hall–Kier alpha value is -4.39. The number of piperidine rings is 1. The number of hydrogen-bond donors (Lipinski definition) is 2. The molecule has 42 heavy (non-hydrogen) atoms. The molecule has 7 nitrogen and oxygen atoms in total. The summed E-state index contributed by atoms with van der Waals surface area (Å²) in [6.45, 7) is 7.48. The van der Waals surface area contributed by atoms with E-state index in [9.17, 15) is 14.4 Å². The van der Waals surface area contributed by atoms with Gasteiger partial charge in [0, 0.05) is 31.3 Å². The van der Waals surface area contributed by atoms with Crippen molar-refractivity contribution in [2.24, 2.45) is 0 Å². The van der Waals surface area contributed by atoms with E-state index in [0.29, 0.717) is 19.5 Å². The van der Waals surface area contributed by atoms with E-state index in [-0.39, 0.29) is 30.8 Å². The van der Waals surface area contributed by atoms with Gasteiger partial charge in [0.05, 0.1) is 0 Å². The summed E-state index contributed by atoms with van der Waals surface area (Å²) in [7, 11) is 0. The number of allylic oxidation sites excluding steroid dienone is 1. The van der Waals surface area contributed by atoms with Gasteiger partial charge in [0.15, 0.2) is 0 Å². The molecule has 1 saturated heterocycles. The lowest BCUT2D eigenvalue weighted by Crippen LogP contribution is -2.52. The molecule has 7 heteroatoms. The first-order valence-electron chi connectivity index (χ1n) is 14.7. The number of ether oxygens (including phenoxy) is 1. The zero-order chi connectivity index (χ0) is 29.6. The van der Waals surface area contributed by atoms with E-state index in [1.165, 1.54) is 0 Å². The van der Waals surface area contributed by atoms with Crippen LogP contribution in [-0.2, 0) is 14.3 Å². The predicted octanol–water partition coefficient (Wildman–Crippen LogP) is 6.59. The van der Waals surface area contributed by atoms with Gasteiger partial charge in [-0.1, -0.05) is 86.3 Å². The van der Waals surface area contributed by atoms with Gasteiger partial charge in [-0.2, -0.15) is 0 Å². The molecule has 1 fully saturated rings. The highest BCUT2D eigenvalue weighted by Gasteiger charge is 2.34. The fraction of sp³-hybridized carbons (Fsp3) is 0.343. The topological polar surface area (TPSA) is 95.9 Å². The standard InChI is InChI=1S/C35H38N2O5/c1-23(14-19-32(38)39)25-15-17-26(18-16-25)24(2)33(34(40)37-20-8-3-9-21-37)36-35(41)42-22-31-29-12-6-4-10-27(29)28-11-5-7-13-30(28)31/h4-7,10-13,15-18,24,31,33H,1,3,8-9,14,19-22H2,2H3,(H,36,41)(H,38,39)/t24?,33-/m0/s1. The van der Waals surface area contributed by atoms with Crippen molar-refractivity contribution in [1.82, 2.24) is 10.2 Å². The Bertz CT molecular complexity index is 1410. The molecule has 0 aromatic heterocycles. The lowest BCUT2D eigenvalue weighted by Gasteiger charge is -2.33. The largest absolute Gasteiger partial charge is 0.481 e. The van der Waals surface area contributed by atoms with Crippen LogP contribution in [0.4, 0.5) is 4.79 Å². The maximum absolute atomic E-state index is 13.7. The van der Waals surface area contributed by atoms with Crippen LogP contribution >= 0.6 is 0 Å². The van der Waals surface area contributed by atoms with Crippen LogP contribution < -0.4 is 5.32 Å². The van der Waals surface area contributed by atoms with Gasteiger partial charge in [-0.15, -0.1) is 0 Å². The van der Waals surface area contributed by atoms with E-state index in [2.05, 4.69) is 36.2 Å². The van der Waals surface area contributed by atoms with Crippen LogP contribution in [0.15, 0.2) is 79.4 Å². The van der Waals surface area contributed by atoms with Crippen LogP contribution in [0, 0.1) is 0 Å². The maximum Gasteiger partial charge on any atom is 0.407 e. The fourth-order valence-corrected chi connectivity index (χ4v) is 6.10. The number of amides is 2. The average molecular weight is 567 g/mol. The molecule has 218 valence electrons. The van der Waals surface area contributed by atoms with E-state index in [0.717, 1.165) is 58.2 Å². The highest BCUT2D eigenvalue weighted by atomic mass is 16.5. The first kappa shape index (κ1) is 29.1. The van der Waals surface area contributed by atoms with E-state index >= 15 is 0 Å². The molecule has 2 atom stereocenters. The number of carbonyl (C=O) groups excluding carboxylic acids is 2. The smallest absolute Gasteiger partial charge is 0.407 e. The number of nitrogens with one attached hydrogen (secondary N) is 1. The van der Waals surface area contributed by atoms with E-state index in [4.69, 9.17) is 9.84 Å². The Morgan fingerprint density at radius 3 is 2.10 bits per heavy atom. The molecule has 2 aliphatic rings. The molecule has 0 spiro atoms.